The quantitative estimate of drug-likeness (QED) is 0.764. The van der Waals surface area contributed by atoms with Gasteiger partial charge in [-0.2, -0.15) is 13.2 Å². The second-order valence-electron chi connectivity index (χ2n) is 5.76. The van der Waals surface area contributed by atoms with Gasteiger partial charge in [-0.1, -0.05) is 32.0 Å². The number of nitrogens with zero attached hydrogens (tertiary/aromatic N) is 1. The lowest BCUT2D eigenvalue weighted by Gasteiger charge is -2.14. The number of nitrogens with one attached hydrogen (secondary N) is 2. The fraction of sp³-hybridized carbons (Fsp3) is 0.438. The molecule has 126 valence electrons. The van der Waals surface area contributed by atoms with E-state index < -0.39 is 18.0 Å². The third kappa shape index (κ3) is 5.07. The van der Waals surface area contributed by atoms with Crippen LogP contribution >= 0.6 is 0 Å². The van der Waals surface area contributed by atoms with Gasteiger partial charge in [0.05, 0.1) is 12.3 Å². The van der Waals surface area contributed by atoms with Gasteiger partial charge in [0.2, 0.25) is 0 Å². The number of benzene rings is 1. The first-order chi connectivity index (χ1) is 10.8. The minimum Gasteiger partial charge on any atom is -0.391 e. The average Bonchev–Trinajstić information content (AvgIpc) is 2.95. The molecule has 3 N–H and O–H groups in total. The molecule has 23 heavy (non-hydrogen) atoms. The van der Waals surface area contributed by atoms with Gasteiger partial charge < -0.3 is 15.4 Å². The van der Waals surface area contributed by atoms with Crippen molar-refractivity contribution < 1.29 is 18.3 Å². The summed E-state index contributed by atoms with van der Waals surface area (Å²) < 4.78 is 37.8. The monoisotopic (exact) mass is 327 g/mol. The SMILES string of the molecule is CC(C)NC[C@@H](O)Cc1cccc(-c2ncc(C(F)(F)F)[nH]2)c1. The summed E-state index contributed by atoms with van der Waals surface area (Å²) in [7, 11) is 0. The lowest BCUT2D eigenvalue weighted by atomic mass is 10.0. The van der Waals surface area contributed by atoms with Crippen molar-refractivity contribution in [2.45, 2.75) is 38.6 Å². The van der Waals surface area contributed by atoms with Crippen LogP contribution in [0.15, 0.2) is 30.5 Å². The van der Waals surface area contributed by atoms with E-state index in [0.29, 0.717) is 18.5 Å². The van der Waals surface area contributed by atoms with E-state index in [1.54, 1.807) is 18.2 Å². The molecule has 0 spiro atoms. The van der Waals surface area contributed by atoms with Crippen molar-refractivity contribution in [2.24, 2.45) is 0 Å². The van der Waals surface area contributed by atoms with E-state index in [-0.39, 0.29) is 11.9 Å². The molecule has 0 aliphatic carbocycles. The maximum atomic E-state index is 12.6. The number of aliphatic hydroxyl groups excluding tert-OH is 1. The van der Waals surface area contributed by atoms with Crippen LogP contribution in [0.25, 0.3) is 11.4 Å². The molecule has 0 unspecified atom stereocenters. The molecule has 1 aromatic heterocycles. The van der Waals surface area contributed by atoms with Crippen LogP contribution in [0, 0.1) is 0 Å². The Hall–Kier alpha value is -1.86. The van der Waals surface area contributed by atoms with Gasteiger partial charge in [0.25, 0.3) is 0 Å². The van der Waals surface area contributed by atoms with Crippen molar-refractivity contribution in [3.05, 3.63) is 41.7 Å². The zero-order valence-corrected chi connectivity index (χ0v) is 13.0. The van der Waals surface area contributed by atoms with Gasteiger partial charge in [-0.3, -0.25) is 0 Å². The third-order valence-electron chi connectivity index (χ3n) is 3.31. The Bertz CT molecular complexity index is 637. The molecule has 0 bridgehead atoms. The highest BCUT2D eigenvalue weighted by molar-refractivity contribution is 5.56. The zero-order chi connectivity index (χ0) is 17.0. The van der Waals surface area contributed by atoms with Gasteiger partial charge in [0.1, 0.15) is 11.5 Å². The molecule has 0 saturated carbocycles. The fourth-order valence-corrected chi connectivity index (χ4v) is 2.17. The molecule has 0 amide bonds. The standard InChI is InChI=1S/C16H20F3N3O/c1-10(2)20-8-13(23)7-11-4-3-5-12(6-11)15-21-9-14(22-15)16(17,18)19/h3-6,9-10,13,20,23H,7-8H2,1-2H3,(H,21,22)/t13-/m0/s1. The summed E-state index contributed by atoms with van der Waals surface area (Å²) in [5.74, 6) is 0.161. The van der Waals surface area contributed by atoms with Crippen LogP contribution in [0.4, 0.5) is 13.2 Å². The summed E-state index contributed by atoms with van der Waals surface area (Å²) in [6.45, 7) is 4.44. The second-order valence-corrected chi connectivity index (χ2v) is 5.76. The Morgan fingerprint density at radius 2 is 2.04 bits per heavy atom. The van der Waals surface area contributed by atoms with Crippen LogP contribution in [0.2, 0.25) is 0 Å². The first-order valence-electron chi connectivity index (χ1n) is 7.38. The van der Waals surface area contributed by atoms with Crippen LogP contribution in [0.1, 0.15) is 25.1 Å². The molecule has 0 aliphatic heterocycles. The summed E-state index contributed by atoms with van der Waals surface area (Å²) in [5, 5.41) is 13.1. The number of aliphatic hydroxyl groups is 1. The maximum absolute atomic E-state index is 12.6. The Balaban J connectivity index is 2.09. The van der Waals surface area contributed by atoms with Crippen LogP contribution in [-0.4, -0.2) is 33.8 Å². The van der Waals surface area contributed by atoms with E-state index >= 15 is 0 Å². The Labute approximate surface area is 132 Å². The van der Waals surface area contributed by atoms with Gasteiger partial charge in [-0.15, -0.1) is 0 Å². The number of halogens is 3. The number of H-pyrrole nitrogens is 1. The third-order valence-corrected chi connectivity index (χ3v) is 3.31. The first kappa shape index (κ1) is 17.5. The molecule has 0 radical (unpaired) electrons. The minimum atomic E-state index is -4.44. The van der Waals surface area contributed by atoms with Crippen molar-refractivity contribution in [1.29, 1.82) is 0 Å². The molecule has 0 aliphatic rings. The summed E-state index contributed by atoms with van der Waals surface area (Å²) >= 11 is 0. The number of hydrogen-bond donors (Lipinski definition) is 3. The predicted octanol–water partition coefficient (Wildman–Crippen LogP) is 3.00. The highest BCUT2D eigenvalue weighted by Crippen LogP contribution is 2.29. The summed E-state index contributed by atoms with van der Waals surface area (Å²) in [6.07, 6.45) is -3.80. The summed E-state index contributed by atoms with van der Waals surface area (Å²) in [6, 6.07) is 7.26. The van der Waals surface area contributed by atoms with Gasteiger partial charge in [-0.25, -0.2) is 4.98 Å². The van der Waals surface area contributed by atoms with Crippen molar-refractivity contribution in [3.8, 4) is 11.4 Å². The molecule has 1 heterocycles. The Morgan fingerprint density at radius 1 is 1.30 bits per heavy atom. The predicted molar refractivity (Wildman–Crippen MR) is 81.9 cm³/mol. The second kappa shape index (κ2) is 7.14. The van der Waals surface area contributed by atoms with Gasteiger partial charge >= 0.3 is 6.18 Å². The van der Waals surface area contributed by atoms with Crippen molar-refractivity contribution in [2.75, 3.05) is 6.54 Å². The molecule has 0 saturated heterocycles. The number of alkyl halides is 3. The van der Waals surface area contributed by atoms with E-state index in [2.05, 4.69) is 15.3 Å². The topological polar surface area (TPSA) is 60.9 Å². The normalized spacial score (nSPS) is 13.5. The van der Waals surface area contributed by atoms with Crippen LogP contribution < -0.4 is 5.32 Å². The van der Waals surface area contributed by atoms with E-state index in [4.69, 9.17) is 0 Å². The first-order valence-corrected chi connectivity index (χ1v) is 7.38. The number of aromatic amines is 1. The number of rotatable bonds is 6. The van der Waals surface area contributed by atoms with E-state index in [9.17, 15) is 18.3 Å². The van der Waals surface area contributed by atoms with E-state index in [0.717, 1.165) is 11.8 Å². The highest BCUT2D eigenvalue weighted by atomic mass is 19.4. The summed E-state index contributed by atoms with van der Waals surface area (Å²) in [4.78, 5) is 6.06. The highest BCUT2D eigenvalue weighted by Gasteiger charge is 2.33. The molecular weight excluding hydrogens is 307 g/mol. The lowest BCUT2D eigenvalue weighted by molar-refractivity contribution is -0.140. The van der Waals surface area contributed by atoms with Gasteiger partial charge in [0.15, 0.2) is 0 Å². The van der Waals surface area contributed by atoms with Crippen molar-refractivity contribution >= 4 is 0 Å². The van der Waals surface area contributed by atoms with Crippen molar-refractivity contribution in [1.82, 2.24) is 15.3 Å². The van der Waals surface area contributed by atoms with Crippen LogP contribution in [0.5, 0.6) is 0 Å². The van der Waals surface area contributed by atoms with Crippen LogP contribution in [-0.2, 0) is 12.6 Å². The zero-order valence-electron chi connectivity index (χ0n) is 13.0. The fourth-order valence-electron chi connectivity index (χ4n) is 2.17. The molecule has 4 nitrogen and oxygen atoms in total. The summed E-state index contributed by atoms with van der Waals surface area (Å²) in [5.41, 5.74) is 0.520. The van der Waals surface area contributed by atoms with E-state index in [1.165, 1.54) is 0 Å². The Morgan fingerprint density at radius 3 is 2.65 bits per heavy atom. The lowest BCUT2D eigenvalue weighted by Crippen LogP contribution is -2.33. The molecule has 2 aromatic rings. The van der Waals surface area contributed by atoms with Gasteiger partial charge in [-0.05, 0) is 18.1 Å². The molecule has 2 rings (SSSR count). The maximum Gasteiger partial charge on any atom is 0.432 e. The number of hydrogen-bond acceptors (Lipinski definition) is 3. The van der Waals surface area contributed by atoms with Gasteiger partial charge in [0, 0.05) is 18.2 Å². The smallest absolute Gasteiger partial charge is 0.391 e. The average molecular weight is 327 g/mol. The Kier molecular flexibility index (Phi) is 5.43. The molecule has 0 fully saturated rings. The number of aromatic nitrogens is 2. The van der Waals surface area contributed by atoms with Crippen molar-refractivity contribution in [3.63, 3.8) is 0 Å². The molecule has 7 heteroatoms. The van der Waals surface area contributed by atoms with Crippen LogP contribution in [0.3, 0.4) is 0 Å². The largest absolute Gasteiger partial charge is 0.432 e. The molecular formula is C16H20F3N3O. The van der Waals surface area contributed by atoms with E-state index in [1.807, 2.05) is 19.9 Å². The molecule has 1 aromatic carbocycles. The minimum absolute atomic E-state index is 0.161. The molecule has 1 atom stereocenters. The number of imidazole rings is 1.